The van der Waals surface area contributed by atoms with Crippen LogP contribution in [-0.2, 0) is 32.0 Å². The summed E-state index contributed by atoms with van der Waals surface area (Å²) in [6.07, 6.45) is 0.737. The lowest BCUT2D eigenvalue weighted by molar-refractivity contribution is -0.142. The summed E-state index contributed by atoms with van der Waals surface area (Å²) in [5.74, 6) is -3.76. The van der Waals surface area contributed by atoms with Crippen LogP contribution in [-0.4, -0.2) is 88.2 Å². The van der Waals surface area contributed by atoms with Crippen molar-refractivity contribution in [1.82, 2.24) is 16.0 Å². The lowest BCUT2D eigenvalue weighted by atomic mass is 10.0. The molecule has 0 spiro atoms. The fourth-order valence-corrected chi connectivity index (χ4v) is 4.39. The summed E-state index contributed by atoms with van der Waals surface area (Å²) in [5, 5.41) is 36.8. The minimum Gasteiger partial charge on any atom is -0.508 e. The maximum Gasteiger partial charge on any atom is 0.326 e. The summed E-state index contributed by atoms with van der Waals surface area (Å²) in [5.41, 5.74) is 28.4. The van der Waals surface area contributed by atoms with Crippen LogP contribution in [0.25, 0.3) is 0 Å². The Balaban J connectivity index is 2.29. The molecule has 256 valence electrons. The van der Waals surface area contributed by atoms with E-state index in [4.69, 9.17) is 28.7 Å². The molecular weight excluding hydrogens is 612 g/mol. The SMILES string of the molecule is NC(N)=NCCCC(N)C(=O)NC(Cc1ccc(O)cc1)C(=O)NC(Cc1ccc(O)cc1)C(=O)NC(CCCN=C(N)N)C(=O)O. The first-order chi connectivity index (χ1) is 22.2. The summed E-state index contributed by atoms with van der Waals surface area (Å²) in [6, 6.07) is 7.02. The highest BCUT2D eigenvalue weighted by molar-refractivity contribution is 5.94. The number of carboxylic acids is 1. The third-order valence-electron chi connectivity index (χ3n) is 6.88. The van der Waals surface area contributed by atoms with Crippen LogP contribution in [0.5, 0.6) is 11.5 Å². The van der Waals surface area contributed by atoms with E-state index in [0.717, 1.165) is 0 Å². The molecule has 2 aromatic carbocycles. The zero-order chi connectivity index (χ0) is 34.9. The number of aliphatic imine (C=N–C) groups is 2. The monoisotopic (exact) mass is 656 g/mol. The second-order valence-electron chi connectivity index (χ2n) is 10.8. The number of nitrogens with zero attached hydrogens (tertiary/aromatic N) is 2. The summed E-state index contributed by atoms with van der Waals surface area (Å²) >= 11 is 0. The molecule has 16 N–H and O–H groups in total. The number of nitrogens with two attached hydrogens (primary N) is 5. The van der Waals surface area contributed by atoms with Crippen molar-refractivity contribution in [3.8, 4) is 11.5 Å². The quantitative estimate of drug-likeness (QED) is 0.0438. The van der Waals surface area contributed by atoms with Crippen LogP contribution in [0.1, 0.15) is 36.8 Å². The molecule has 47 heavy (non-hydrogen) atoms. The van der Waals surface area contributed by atoms with Gasteiger partial charge in [0.15, 0.2) is 11.9 Å². The Bertz CT molecular complexity index is 1390. The molecule has 4 atom stereocenters. The number of phenols is 2. The normalized spacial score (nSPS) is 13.2. The van der Waals surface area contributed by atoms with Gasteiger partial charge in [-0.2, -0.15) is 0 Å². The molecule has 0 heterocycles. The minimum atomic E-state index is -1.32. The van der Waals surface area contributed by atoms with Crippen molar-refractivity contribution in [3.63, 3.8) is 0 Å². The van der Waals surface area contributed by atoms with Gasteiger partial charge in [0.1, 0.15) is 29.6 Å². The van der Waals surface area contributed by atoms with Crippen molar-refractivity contribution >= 4 is 35.6 Å². The first-order valence-electron chi connectivity index (χ1n) is 14.8. The van der Waals surface area contributed by atoms with Gasteiger partial charge in [-0.25, -0.2) is 4.79 Å². The van der Waals surface area contributed by atoms with E-state index in [0.29, 0.717) is 17.5 Å². The predicted molar refractivity (Wildman–Crippen MR) is 175 cm³/mol. The van der Waals surface area contributed by atoms with Gasteiger partial charge in [0.25, 0.3) is 0 Å². The number of carboxylic acid groups (broad SMARTS) is 1. The summed E-state index contributed by atoms with van der Waals surface area (Å²) in [4.78, 5) is 59.8. The molecule has 2 rings (SSSR count). The molecule has 0 aliphatic heterocycles. The van der Waals surface area contributed by atoms with E-state index in [-0.39, 0.29) is 68.6 Å². The standard InChI is InChI=1S/C30H44N10O7/c31-21(3-1-13-36-29(32)33)25(43)39-23(15-17-5-9-19(41)10-6-17)27(45)40-24(16-18-7-11-20(42)12-8-18)26(44)38-22(28(46)47)4-2-14-37-30(34)35/h5-12,21-24,41-42H,1-4,13-16,31H2,(H,38,44)(H,39,43)(H,40,45)(H,46,47)(H4,32,33,36)(H4,34,35,37). The molecule has 0 aliphatic rings. The maximum atomic E-state index is 13.7. The van der Waals surface area contributed by atoms with E-state index < -0.39 is 47.9 Å². The molecule has 17 nitrogen and oxygen atoms in total. The van der Waals surface area contributed by atoms with Gasteiger partial charge in [0, 0.05) is 25.9 Å². The molecule has 4 unspecified atom stereocenters. The van der Waals surface area contributed by atoms with Gasteiger partial charge >= 0.3 is 5.97 Å². The first-order valence-corrected chi connectivity index (χ1v) is 14.8. The molecule has 0 bridgehead atoms. The predicted octanol–water partition coefficient (Wildman–Crippen LogP) is -2.14. The number of aromatic hydroxyl groups is 2. The summed E-state index contributed by atoms with van der Waals surface area (Å²) in [7, 11) is 0. The van der Waals surface area contributed by atoms with Gasteiger partial charge in [-0.1, -0.05) is 24.3 Å². The van der Waals surface area contributed by atoms with Crippen molar-refractivity contribution < 1.29 is 34.5 Å². The van der Waals surface area contributed by atoms with Crippen molar-refractivity contribution in [3.05, 3.63) is 59.7 Å². The molecule has 17 heteroatoms. The van der Waals surface area contributed by atoms with Crippen molar-refractivity contribution in [2.75, 3.05) is 13.1 Å². The van der Waals surface area contributed by atoms with Gasteiger partial charge < -0.3 is 59.9 Å². The topological polar surface area (TPSA) is 320 Å². The van der Waals surface area contributed by atoms with E-state index in [1.807, 2.05) is 0 Å². The van der Waals surface area contributed by atoms with Crippen LogP contribution in [0, 0.1) is 0 Å². The van der Waals surface area contributed by atoms with Crippen LogP contribution < -0.4 is 44.6 Å². The Morgan fingerprint density at radius 3 is 1.40 bits per heavy atom. The van der Waals surface area contributed by atoms with Gasteiger partial charge in [0.2, 0.25) is 17.7 Å². The Morgan fingerprint density at radius 2 is 1.00 bits per heavy atom. The molecule has 0 radical (unpaired) electrons. The number of carbonyl (C=O) groups is 4. The number of rotatable bonds is 19. The highest BCUT2D eigenvalue weighted by Crippen LogP contribution is 2.14. The van der Waals surface area contributed by atoms with Crippen molar-refractivity contribution in [2.45, 2.75) is 62.7 Å². The second-order valence-corrected chi connectivity index (χ2v) is 10.8. The number of benzene rings is 2. The Morgan fingerprint density at radius 1 is 0.617 bits per heavy atom. The zero-order valence-electron chi connectivity index (χ0n) is 25.8. The molecule has 0 saturated heterocycles. The van der Waals surface area contributed by atoms with Crippen LogP contribution in [0.15, 0.2) is 58.5 Å². The number of hydrogen-bond acceptors (Lipinski definition) is 9. The lowest BCUT2D eigenvalue weighted by Gasteiger charge is -2.25. The second kappa shape index (κ2) is 19.1. The Labute approximate surface area is 271 Å². The number of nitrogens with one attached hydrogen (secondary N) is 3. The number of hydrogen-bond donors (Lipinski definition) is 11. The molecule has 0 saturated carbocycles. The third-order valence-corrected chi connectivity index (χ3v) is 6.88. The number of phenolic OH excluding ortho intramolecular Hbond substituents is 2. The zero-order valence-corrected chi connectivity index (χ0v) is 25.8. The van der Waals surface area contributed by atoms with Gasteiger partial charge in [-0.15, -0.1) is 0 Å². The van der Waals surface area contributed by atoms with Crippen LogP contribution in [0.2, 0.25) is 0 Å². The van der Waals surface area contributed by atoms with Crippen molar-refractivity contribution in [1.29, 1.82) is 0 Å². The Kier molecular flexibility index (Phi) is 15.2. The van der Waals surface area contributed by atoms with Gasteiger partial charge in [-0.05, 0) is 61.1 Å². The fraction of sp³-hybridized carbons (Fsp3) is 0.400. The average Bonchev–Trinajstić information content (AvgIpc) is 3.01. The van der Waals surface area contributed by atoms with Gasteiger partial charge in [0.05, 0.1) is 6.04 Å². The average molecular weight is 657 g/mol. The lowest BCUT2D eigenvalue weighted by Crippen LogP contribution is -2.58. The minimum absolute atomic E-state index is 0.00139. The smallest absolute Gasteiger partial charge is 0.326 e. The van der Waals surface area contributed by atoms with E-state index in [1.165, 1.54) is 24.3 Å². The number of carbonyl (C=O) groups excluding carboxylic acids is 3. The number of guanidine groups is 2. The molecule has 2 aromatic rings. The van der Waals surface area contributed by atoms with E-state index in [2.05, 4.69) is 25.9 Å². The van der Waals surface area contributed by atoms with E-state index in [1.54, 1.807) is 24.3 Å². The number of amides is 3. The largest absolute Gasteiger partial charge is 0.508 e. The third kappa shape index (κ3) is 14.4. The van der Waals surface area contributed by atoms with E-state index >= 15 is 0 Å². The molecule has 3 amide bonds. The Hall–Kier alpha value is -5.58. The van der Waals surface area contributed by atoms with Crippen molar-refractivity contribution in [2.24, 2.45) is 38.7 Å². The first kappa shape index (κ1) is 37.6. The maximum absolute atomic E-state index is 13.7. The van der Waals surface area contributed by atoms with Gasteiger partial charge in [-0.3, -0.25) is 24.4 Å². The van der Waals surface area contributed by atoms with Crippen LogP contribution in [0.3, 0.4) is 0 Å². The molecule has 0 aromatic heterocycles. The van der Waals surface area contributed by atoms with E-state index in [9.17, 15) is 34.5 Å². The fourth-order valence-electron chi connectivity index (χ4n) is 4.39. The highest BCUT2D eigenvalue weighted by Gasteiger charge is 2.30. The summed E-state index contributed by atoms with van der Waals surface area (Å²) < 4.78 is 0. The summed E-state index contributed by atoms with van der Waals surface area (Å²) in [6.45, 7) is 0.394. The van der Waals surface area contributed by atoms with Crippen LogP contribution in [0.4, 0.5) is 0 Å². The highest BCUT2D eigenvalue weighted by atomic mass is 16.4. The van der Waals surface area contributed by atoms with Crippen LogP contribution >= 0.6 is 0 Å². The number of aliphatic carboxylic acids is 1. The molecular formula is C30H44N10O7. The molecule has 0 fully saturated rings. The molecule has 0 aliphatic carbocycles.